The van der Waals surface area contributed by atoms with Crippen molar-refractivity contribution in [2.75, 3.05) is 26.2 Å². The third-order valence-electron chi connectivity index (χ3n) is 6.47. The second kappa shape index (κ2) is 4.96. The number of ether oxygens (including phenoxy) is 1. The van der Waals surface area contributed by atoms with E-state index in [0.29, 0.717) is 17.2 Å². The minimum Gasteiger partial charge on any atom is -0.377 e. The Kier molecular flexibility index (Phi) is 3.36. The SMILES string of the molecule is CC1(C2CC2)CN(CC2CCCO2)C2(CCCC2)CN1. The second-order valence-corrected chi connectivity index (χ2v) is 7.99. The van der Waals surface area contributed by atoms with E-state index in [-0.39, 0.29) is 0 Å². The van der Waals surface area contributed by atoms with E-state index in [1.54, 1.807) is 0 Å². The van der Waals surface area contributed by atoms with E-state index in [1.165, 1.54) is 71.0 Å². The Morgan fingerprint density at radius 1 is 1.15 bits per heavy atom. The standard InChI is InChI=1S/C17H30N2O/c1-16(14-6-7-14)13-19(11-15-5-4-10-20-15)17(12-18-16)8-2-3-9-17/h14-15,18H,2-13H2,1H3. The van der Waals surface area contributed by atoms with Gasteiger partial charge in [-0.1, -0.05) is 12.8 Å². The van der Waals surface area contributed by atoms with Crippen LogP contribution < -0.4 is 5.32 Å². The van der Waals surface area contributed by atoms with Gasteiger partial charge in [-0.05, 0) is 51.4 Å². The molecule has 4 aliphatic rings. The molecule has 1 N–H and O–H groups in total. The zero-order chi connectivity index (χ0) is 13.6. The van der Waals surface area contributed by atoms with E-state index >= 15 is 0 Å². The number of rotatable bonds is 3. The minimum absolute atomic E-state index is 0.368. The van der Waals surface area contributed by atoms with Gasteiger partial charge in [0.05, 0.1) is 6.10 Å². The predicted molar refractivity (Wildman–Crippen MR) is 80.9 cm³/mol. The van der Waals surface area contributed by atoms with E-state index < -0.39 is 0 Å². The van der Waals surface area contributed by atoms with Gasteiger partial charge in [0.25, 0.3) is 0 Å². The normalized spacial score (nSPS) is 41.5. The smallest absolute Gasteiger partial charge is 0.0703 e. The Bertz CT molecular complexity index is 356. The summed E-state index contributed by atoms with van der Waals surface area (Å²) < 4.78 is 5.94. The topological polar surface area (TPSA) is 24.5 Å². The lowest BCUT2D eigenvalue weighted by Gasteiger charge is -2.53. The third-order valence-corrected chi connectivity index (χ3v) is 6.47. The highest BCUT2D eigenvalue weighted by atomic mass is 16.5. The van der Waals surface area contributed by atoms with Crippen LogP contribution in [0.25, 0.3) is 0 Å². The molecule has 2 aliphatic carbocycles. The van der Waals surface area contributed by atoms with Crippen molar-refractivity contribution >= 4 is 0 Å². The molecule has 20 heavy (non-hydrogen) atoms. The Hall–Kier alpha value is -0.120. The van der Waals surface area contributed by atoms with E-state index in [2.05, 4.69) is 17.1 Å². The van der Waals surface area contributed by atoms with E-state index in [1.807, 2.05) is 0 Å². The summed E-state index contributed by atoms with van der Waals surface area (Å²) in [7, 11) is 0. The van der Waals surface area contributed by atoms with Crippen LogP contribution in [0.5, 0.6) is 0 Å². The molecular weight excluding hydrogens is 248 g/mol. The largest absolute Gasteiger partial charge is 0.377 e. The van der Waals surface area contributed by atoms with Gasteiger partial charge in [0.15, 0.2) is 0 Å². The van der Waals surface area contributed by atoms with Crippen molar-refractivity contribution < 1.29 is 4.74 Å². The second-order valence-electron chi connectivity index (χ2n) is 7.99. The summed E-state index contributed by atoms with van der Waals surface area (Å²) in [6, 6.07) is 0. The Morgan fingerprint density at radius 3 is 2.60 bits per heavy atom. The number of piperazine rings is 1. The molecule has 0 aromatic heterocycles. The summed E-state index contributed by atoms with van der Waals surface area (Å²) in [6.07, 6.45) is 11.6. The number of nitrogens with zero attached hydrogens (tertiary/aromatic N) is 1. The molecule has 0 radical (unpaired) electrons. The molecule has 114 valence electrons. The van der Waals surface area contributed by atoms with E-state index in [9.17, 15) is 0 Å². The zero-order valence-electron chi connectivity index (χ0n) is 13.0. The van der Waals surface area contributed by atoms with E-state index in [4.69, 9.17) is 4.74 Å². The van der Waals surface area contributed by atoms with Gasteiger partial charge in [-0.2, -0.15) is 0 Å². The summed E-state index contributed by atoms with van der Waals surface area (Å²) in [5.74, 6) is 0.924. The quantitative estimate of drug-likeness (QED) is 0.858. The van der Waals surface area contributed by atoms with Crippen LogP contribution in [-0.2, 0) is 4.74 Å². The molecule has 0 aromatic rings. The van der Waals surface area contributed by atoms with Crippen LogP contribution in [0.15, 0.2) is 0 Å². The average Bonchev–Trinajstić information content (AvgIpc) is 2.99. The van der Waals surface area contributed by atoms with Crippen LogP contribution in [0, 0.1) is 5.92 Å². The first-order chi connectivity index (χ1) is 9.70. The Labute approximate surface area is 123 Å². The lowest BCUT2D eigenvalue weighted by molar-refractivity contribution is -0.0289. The fourth-order valence-electron chi connectivity index (χ4n) is 4.91. The predicted octanol–water partition coefficient (Wildman–Crippen LogP) is 2.55. The van der Waals surface area contributed by atoms with Crippen LogP contribution in [0.3, 0.4) is 0 Å². The minimum atomic E-state index is 0.368. The van der Waals surface area contributed by atoms with Gasteiger partial charge in [-0.3, -0.25) is 4.90 Å². The average molecular weight is 278 g/mol. The molecule has 3 heteroatoms. The van der Waals surface area contributed by atoms with Crippen LogP contribution in [0.4, 0.5) is 0 Å². The van der Waals surface area contributed by atoms with Gasteiger partial charge in [-0.15, -0.1) is 0 Å². The monoisotopic (exact) mass is 278 g/mol. The summed E-state index contributed by atoms with van der Waals surface area (Å²) in [4.78, 5) is 2.85. The van der Waals surface area contributed by atoms with Crippen LogP contribution in [-0.4, -0.2) is 48.3 Å². The van der Waals surface area contributed by atoms with Crippen molar-refractivity contribution in [2.24, 2.45) is 5.92 Å². The first kappa shape index (κ1) is 13.5. The Balaban J connectivity index is 1.51. The zero-order valence-corrected chi connectivity index (χ0v) is 13.0. The fraction of sp³-hybridized carbons (Fsp3) is 1.00. The van der Waals surface area contributed by atoms with Crippen LogP contribution >= 0.6 is 0 Å². The number of hydrogen-bond donors (Lipinski definition) is 1. The van der Waals surface area contributed by atoms with Crippen molar-refractivity contribution in [3.63, 3.8) is 0 Å². The molecule has 2 aliphatic heterocycles. The maximum Gasteiger partial charge on any atom is 0.0703 e. The van der Waals surface area contributed by atoms with Gasteiger partial charge >= 0.3 is 0 Å². The molecule has 0 aromatic carbocycles. The molecule has 2 heterocycles. The molecule has 2 atom stereocenters. The first-order valence-corrected chi connectivity index (χ1v) is 8.82. The number of hydrogen-bond acceptors (Lipinski definition) is 3. The molecular formula is C17H30N2O. The maximum atomic E-state index is 5.94. The van der Waals surface area contributed by atoms with Crippen molar-refractivity contribution in [1.29, 1.82) is 0 Å². The van der Waals surface area contributed by atoms with Gasteiger partial charge in [-0.25, -0.2) is 0 Å². The van der Waals surface area contributed by atoms with Gasteiger partial charge in [0.1, 0.15) is 0 Å². The van der Waals surface area contributed by atoms with Crippen molar-refractivity contribution in [3.05, 3.63) is 0 Å². The fourth-order valence-corrected chi connectivity index (χ4v) is 4.91. The molecule has 0 amide bonds. The van der Waals surface area contributed by atoms with Crippen molar-refractivity contribution in [3.8, 4) is 0 Å². The maximum absolute atomic E-state index is 5.94. The van der Waals surface area contributed by atoms with Gasteiger partial charge in [0.2, 0.25) is 0 Å². The molecule has 0 bridgehead atoms. The molecule has 2 unspecified atom stereocenters. The summed E-state index contributed by atoms with van der Waals surface area (Å²) >= 11 is 0. The highest BCUT2D eigenvalue weighted by molar-refractivity contribution is 5.10. The lowest BCUT2D eigenvalue weighted by atomic mass is 9.83. The molecule has 4 fully saturated rings. The summed E-state index contributed by atoms with van der Waals surface area (Å²) in [5, 5.41) is 3.96. The van der Waals surface area contributed by atoms with Gasteiger partial charge < -0.3 is 10.1 Å². The molecule has 3 nitrogen and oxygen atoms in total. The molecule has 1 spiro atoms. The highest BCUT2D eigenvalue weighted by Gasteiger charge is 2.52. The van der Waals surface area contributed by atoms with E-state index in [0.717, 1.165) is 12.5 Å². The molecule has 4 rings (SSSR count). The third kappa shape index (κ3) is 2.32. The highest BCUT2D eigenvalue weighted by Crippen LogP contribution is 2.46. The first-order valence-electron chi connectivity index (χ1n) is 8.82. The molecule has 2 saturated heterocycles. The van der Waals surface area contributed by atoms with Crippen molar-refractivity contribution in [2.45, 2.75) is 75.5 Å². The van der Waals surface area contributed by atoms with Crippen molar-refractivity contribution in [1.82, 2.24) is 10.2 Å². The lowest BCUT2D eigenvalue weighted by Crippen LogP contribution is -2.69. The van der Waals surface area contributed by atoms with Crippen LogP contribution in [0.2, 0.25) is 0 Å². The van der Waals surface area contributed by atoms with Crippen LogP contribution in [0.1, 0.15) is 58.3 Å². The summed E-state index contributed by atoms with van der Waals surface area (Å²) in [6.45, 7) is 7.10. The molecule has 2 saturated carbocycles. The Morgan fingerprint density at radius 2 is 1.95 bits per heavy atom. The number of nitrogens with one attached hydrogen (secondary N) is 1. The summed E-state index contributed by atoms with van der Waals surface area (Å²) in [5.41, 5.74) is 0.826. The van der Waals surface area contributed by atoms with Gasteiger partial charge in [0, 0.05) is 37.3 Å².